The fraction of sp³-hybridized carbons (Fsp3) is 0.625. The normalized spacial score (nSPS) is 11.2. The number of carbonyl (C=O) groups is 1. The molecule has 0 spiro atoms. The second kappa shape index (κ2) is 4.52. The van der Waals surface area contributed by atoms with Gasteiger partial charge < -0.3 is 5.32 Å². The summed E-state index contributed by atoms with van der Waals surface area (Å²) in [6.07, 6.45) is 0. The third-order valence-corrected chi connectivity index (χ3v) is 2.99. The van der Waals surface area contributed by atoms with Crippen LogP contribution in [-0.2, 0) is 5.41 Å². The van der Waals surface area contributed by atoms with Gasteiger partial charge in [0.1, 0.15) is 11.7 Å². The molecule has 2 amide bonds. The SMILES string of the molecule is CNC(=O)Nc1nnc(C(C)(C)CF)s1. The van der Waals surface area contributed by atoms with Crippen LogP contribution in [0.1, 0.15) is 18.9 Å². The van der Waals surface area contributed by atoms with Crippen LogP contribution in [0.4, 0.5) is 14.3 Å². The van der Waals surface area contributed by atoms with Crippen LogP contribution < -0.4 is 10.6 Å². The highest BCUT2D eigenvalue weighted by molar-refractivity contribution is 7.15. The van der Waals surface area contributed by atoms with Crippen molar-refractivity contribution >= 4 is 22.5 Å². The van der Waals surface area contributed by atoms with Crippen molar-refractivity contribution in [2.75, 3.05) is 19.0 Å². The van der Waals surface area contributed by atoms with Crippen molar-refractivity contribution in [2.24, 2.45) is 0 Å². The van der Waals surface area contributed by atoms with Gasteiger partial charge in [-0.25, -0.2) is 4.79 Å². The summed E-state index contributed by atoms with van der Waals surface area (Å²) >= 11 is 1.17. The summed E-state index contributed by atoms with van der Waals surface area (Å²) in [5.41, 5.74) is -0.652. The van der Waals surface area contributed by atoms with Crippen LogP contribution in [0.15, 0.2) is 0 Å². The molecule has 84 valence electrons. The molecule has 0 fully saturated rings. The Morgan fingerprint density at radius 1 is 1.53 bits per heavy atom. The van der Waals surface area contributed by atoms with Crippen LogP contribution in [0.2, 0.25) is 0 Å². The number of nitrogens with zero attached hydrogens (tertiary/aromatic N) is 2. The number of anilines is 1. The number of hydrogen-bond donors (Lipinski definition) is 2. The molecule has 0 aliphatic carbocycles. The Labute approximate surface area is 91.1 Å². The van der Waals surface area contributed by atoms with Crippen molar-refractivity contribution in [3.05, 3.63) is 5.01 Å². The van der Waals surface area contributed by atoms with E-state index in [-0.39, 0.29) is 6.03 Å². The molecule has 1 aromatic rings. The van der Waals surface area contributed by atoms with E-state index in [1.54, 1.807) is 13.8 Å². The zero-order valence-electron chi connectivity index (χ0n) is 8.80. The van der Waals surface area contributed by atoms with Crippen LogP contribution in [0, 0.1) is 0 Å². The summed E-state index contributed by atoms with van der Waals surface area (Å²) in [6, 6.07) is -0.365. The van der Waals surface area contributed by atoms with Crippen LogP contribution in [0.25, 0.3) is 0 Å². The summed E-state index contributed by atoms with van der Waals surface area (Å²) in [6.45, 7) is 2.95. The Morgan fingerprint density at radius 2 is 2.20 bits per heavy atom. The first-order valence-corrected chi connectivity index (χ1v) is 5.20. The third kappa shape index (κ3) is 2.85. The average Bonchev–Trinajstić information content (AvgIpc) is 2.66. The average molecular weight is 232 g/mol. The van der Waals surface area contributed by atoms with Gasteiger partial charge in [0.15, 0.2) is 0 Å². The molecule has 0 saturated heterocycles. The molecule has 5 nitrogen and oxygen atoms in total. The van der Waals surface area contributed by atoms with Gasteiger partial charge in [0.2, 0.25) is 5.13 Å². The Morgan fingerprint density at radius 3 is 2.73 bits per heavy atom. The maximum Gasteiger partial charge on any atom is 0.320 e. The monoisotopic (exact) mass is 232 g/mol. The number of hydrogen-bond acceptors (Lipinski definition) is 4. The number of amides is 2. The largest absolute Gasteiger partial charge is 0.341 e. The van der Waals surface area contributed by atoms with Gasteiger partial charge in [-0.2, -0.15) is 0 Å². The van der Waals surface area contributed by atoms with E-state index in [9.17, 15) is 9.18 Å². The van der Waals surface area contributed by atoms with Crippen molar-refractivity contribution in [2.45, 2.75) is 19.3 Å². The van der Waals surface area contributed by atoms with E-state index in [1.807, 2.05) is 0 Å². The molecule has 1 aromatic heterocycles. The highest BCUT2D eigenvalue weighted by Crippen LogP contribution is 2.28. The lowest BCUT2D eigenvalue weighted by atomic mass is 9.97. The molecule has 0 bridgehead atoms. The van der Waals surface area contributed by atoms with Crippen LogP contribution in [0.5, 0.6) is 0 Å². The van der Waals surface area contributed by atoms with Gasteiger partial charge in [-0.1, -0.05) is 25.2 Å². The van der Waals surface area contributed by atoms with E-state index >= 15 is 0 Å². The van der Waals surface area contributed by atoms with Crippen molar-refractivity contribution in [3.8, 4) is 0 Å². The number of carbonyl (C=O) groups excluding carboxylic acids is 1. The number of aromatic nitrogens is 2. The lowest BCUT2D eigenvalue weighted by molar-refractivity contribution is 0.254. The van der Waals surface area contributed by atoms with Gasteiger partial charge in [0.25, 0.3) is 0 Å². The van der Waals surface area contributed by atoms with Crippen LogP contribution in [-0.4, -0.2) is 30.0 Å². The van der Waals surface area contributed by atoms with Gasteiger partial charge in [0.05, 0.1) is 0 Å². The number of halogens is 1. The quantitative estimate of drug-likeness (QED) is 0.830. The molecule has 0 unspecified atom stereocenters. The molecule has 0 saturated carbocycles. The van der Waals surface area contributed by atoms with Gasteiger partial charge >= 0.3 is 6.03 Å². The van der Waals surface area contributed by atoms with Crippen LogP contribution in [0.3, 0.4) is 0 Å². The molecular weight excluding hydrogens is 219 g/mol. The molecule has 0 radical (unpaired) electrons. The number of rotatable bonds is 3. The summed E-state index contributed by atoms with van der Waals surface area (Å²) < 4.78 is 12.6. The lowest BCUT2D eigenvalue weighted by Gasteiger charge is -2.15. The minimum atomic E-state index is -0.652. The number of alkyl halides is 1. The summed E-state index contributed by atoms with van der Waals surface area (Å²) in [4.78, 5) is 11.0. The van der Waals surface area contributed by atoms with Gasteiger partial charge in [-0.05, 0) is 0 Å². The predicted molar refractivity (Wildman–Crippen MR) is 57.0 cm³/mol. The molecule has 1 rings (SSSR count). The minimum absolute atomic E-state index is 0.365. The standard InChI is InChI=1S/C8H13FN4OS/c1-8(2,4-9)5-12-13-7(15-5)11-6(14)10-3/h4H2,1-3H3,(H2,10,11,13,14). The highest BCUT2D eigenvalue weighted by Gasteiger charge is 2.25. The first-order valence-electron chi connectivity index (χ1n) is 4.38. The molecule has 0 atom stereocenters. The minimum Gasteiger partial charge on any atom is -0.341 e. The van der Waals surface area contributed by atoms with Crippen molar-refractivity contribution < 1.29 is 9.18 Å². The maximum atomic E-state index is 12.6. The fourth-order valence-electron chi connectivity index (χ4n) is 0.764. The molecule has 0 aromatic carbocycles. The molecule has 0 aliphatic rings. The zero-order chi connectivity index (χ0) is 11.5. The Bertz CT molecular complexity index is 352. The predicted octanol–water partition coefficient (Wildman–Crippen LogP) is 1.54. The second-order valence-corrected chi connectivity index (χ2v) is 4.61. The molecule has 0 aliphatic heterocycles. The Hall–Kier alpha value is -1.24. The maximum absolute atomic E-state index is 12.6. The van der Waals surface area contributed by atoms with E-state index in [0.717, 1.165) is 0 Å². The Balaban J connectivity index is 2.76. The van der Waals surface area contributed by atoms with E-state index < -0.39 is 12.1 Å². The van der Waals surface area contributed by atoms with E-state index in [0.29, 0.717) is 10.1 Å². The summed E-state index contributed by atoms with van der Waals surface area (Å²) in [5.74, 6) is 0. The third-order valence-electron chi connectivity index (χ3n) is 1.79. The number of nitrogens with one attached hydrogen (secondary N) is 2. The summed E-state index contributed by atoms with van der Waals surface area (Å²) in [7, 11) is 1.50. The first-order chi connectivity index (χ1) is 6.99. The number of urea groups is 1. The smallest absolute Gasteiger partial charge is 0.320 e. The highest BCUT2D eigenvalue weighted by atomic mass is 32.1. The van der Waals surface area contributed by atoms with Gasteiger partial charge in [-0.15, -0.1) is 10.2 Å². The van der Waals surface area contributed by atoms with E-state index in [1.165, 1.54) is 18.4 Å². The van der Waals surface area contributed by atoms with Crippen molar-refractivity contribution in [1.82, 2.24) is 15.5 Å². The van der Waals surface area contributed by atoms with E-state index in [2.05, 4.69) is 20.8 Å². The molecule has 1 heterocycles. The van der Waals surface area contributed by atoms with Crippen molar-refractivity contribution in [3.63, 3.8) is 0 Å². The molecule has 7 heteroatoms. The molecule has 2 N–H and O–H groups in total. The fourth-order valence-corrected chi connectivity index (χ4v) is 1.59. The van der Waals surface area contributed by atoms with Crippen LogP contribution >= 0.6 is 11.3 Å². The van der Waals surface area contributed by atoms with Gasteiger partial charge in [-0.3, -0.25) is 9.71 Å². The second-order valence-electron chi connectivity index (χ2n) is 3.63. The van der Waals surface area contributed by atoms with Crippen molar-refractivity contribution in [1.29, 1.82) is 0 Å². The molecular formula is C8H13FN4OS. The van der Waals surface area contributed by atoms with Gasteiger partial charge in [0, 0.05) is 12.5 Å². The zero-order valence-corrected chi connectivity index (χ0v) is 9.61. The van der Waals surface area contributed by atoms with E-state index in [4.69, 9.17) is 0 Å². The molecule has 15 heavy (non-hydrogen) atoms. The topological polar surface area (TPSA) is 66.9 Å². The lowest BCUT2D eigenvalue weighted by Crippen LogP contribution is -2.24. The first kappa shape index (κ1) is 11.8. The Kier molecular flexibility index (Phi) is 3.57. The summed E-state index contributed by atoms with van der Waals surface area (Å²) in [5, 5.41) is 13.4.